The van der Waals surface area contributed by atoms with Gasteiger partial charge in [-0.1, -0.05) is 12.1 Å². The molecular formula is C23H31N2O4+. The van der Waals surface area contributed by atoms with Crippen molar-refractivity contribution in [3.8, 4) is 17.2 Å². The van der Waals surface area contributed by atoms with Crippen molar-refractivity contribution in [1.82, 2.24) is 5.32 Å². The lowest BCUT2D eigenvalue weighted by atomic mass is 10.0. The highest BCUT2D eigenvalue weighted by Gasteiger charge is 2.38. The lowest BCUT2D eigenvalue weighted by molar-refractivity contribution is -0.932. The van der Waals surface area contributed by atoms with E-state index in [0.717, 1.165) is 47.8 Å². The van der Waals surface area contributed by atoms with Gasteiger partial charge in [-0.15, -0.1) is 0 Å². The second-order valence-electron chi connectivity index (χ2n) is 7.42. The number of carbonyl (C=O) groups excluding carboxylic acids is 1. The molecule has 0 radical (unpaired) electrons. The van der Waals surface area contributed by atoms with Crippen molar-refractivity contribution in [3.63, 3.8) is 0 Å². The molecule has 0 aromatic heterocycles. The molecular weight excluding hydrogens is 368 g/mol. The number of hydrogen-bond donors (Lipinski definition) is 2. The van der Waals surface area contributed by atoms with Gasteiger partial charge in [-0.05, 0) is 36.8 Å². The van der Waals surface area contributed by atoms with Gasteiger partial charge in [0, 0.05) is 25.5 Å². The highest BCUT2D eigenvalue weighted by molar-refractivity contribution is 5.80. The first kappa shape index (κ1) is 21.0. The average molecular weight is 400 g/mol. The zero-order valence-electron chi connectivity index (χ0n) is 17.7. The maximum Gasteiger partial charge on any atom is 0.278 e. The Bertz CT molecular complexity index is 822. The third-order valence-corrected chi connectivity index (χ3v) is 5.80. The van der Waals surface area contributed by atoms with Crippen molar-refractivity contribution >= 4 is 5.91 Å². The molecule has 3 atom stereocenters. The molecule has 1 unspecified atom stereocenters. The molecule has 1 fully saturated rings. The van der Waals surface area contributed by atoms with Crippen LogP contribution in [0.1, 0.15) is 36.9 Å². The molecule has 1 aliphatic heterocycles. The van der Waals surface area contributed by atoms with Crippen LogP contribution in [0.3, 0.4) is 0 Å². The van der Waals surface area contributed by atoms with E-state index < -0.39 is 0 Å². The lowest BCUT2D eigenvalue weighted by Crippen LogP contribution is -3.15. The fourth-order valence-corrected chi connectivity index (χ4v) is 4.10. The molecule has 3 rings (SSSR count). The van der Waals surface area contributed by atoms with Crippen molar-refractivity contribution in [2.24, 2.45) is 0 Å². The summed E-state index contributed by atoms with van der Waals surface area (Å²) >= 11 is 0. The number of nitrogens with one attached hydrogen (secondary N) is 2. The molecule has 6 nitrogen and oxygen atoms in total. The summed E-state index contributed by atoms with van der Waals surface area (Å²) in [7, 11) is 4.97. The summed E-state index contributed by atoms with van der Waals surface area (Å²) in [5.41, 5.74) is 2.19. The highest BCUT2D eigenvalue weighted by atomic mass is 16.5. The van der Waals surface area contributed by atoms with Gasteiger partial charge in [0.1, 0.15) is 23.3 Å². The summed E-state index contributed by atoms with van der Waals surface area (Å²) in [6, 6.07) is 13.8. The smallest absolute Gasteiger partial charge is 0.278 e. The number of hydrogen-bond acceptors (Lipinski definition) is 4. The monoisotopic (exact) mass is 399 g/mol. The minimum Gasteiger partial charge on any atom is -0.497 e. The van der Waals surface area contributed by atoms with E-state index in [-0.39, 0.29) is 18.0 Å². The third kappa shape index (κ3) is 4.82. The Morgan fingerprint density at radius 3 is 2.41 bits per heavy atom. The van der Waals surface area contributed by atoms with Crippen LogP contribution in [0.25, 0.3) is 0 Å². The first-order valence-corrected chi connectivity index (χ1v) is 10.1. The molecule has 156 valence electrons. The van der Waals surface area contributed by atoms with Crippen LogP contribution in [0.5, 0.6) is 17.2 Å². The van der Waals surface area contributed by atoms with E-state index in [1.54, 1.807) is 21.3 Å². The van der Waals surface area contributed by atoms with Gasteiger partial charge < -0.3 is 24.4 Å². The van der Waals surface area contributed by atoms with Gasteiger partial charge in [0.25, 0.3) is 5.91 Å². The lowest BCUT2D eigenvalue weighted by Gasteiger charge is -2.28. The molecule has 2 N–H and O–H groups in total. The van der Waals surface area contributed by atoms with Crippen LogP contribution in [0.2, 0.25) is 0 Å². The summed E-state index contributed by atoms with van der Waals surface area (Å²) in [5.74, 6) is 2.47. The predicted molar refractivity (Wildman–Crippen MR) is 112 cm³/mol. The molecule has 1 aliphatic rings. The molecule has 0 spiro atoms. The first-order chi connectivity index (χ1) is 14.1. The van der Waals surface area contributed by atoms with Crippen molar-refractivity contribution < 1.29 is 23.9 Å². The number of amides is 1. The fourth-order valence-electron chi connectivity index (χ4n) is 4.10. The van der Waals surface area contributed by atoms with Crippen molar-refractivity contribution in [2.45, 2.75) is 38.4 Å². The maximum absolute atomic E-state index is 12.9. The minimum atomic E-state index is -0.146. The molecule has 1 saturated heterocycles. The Morgan fingerprint density at radius 2 is 1.76 bits per heavy atom. The topological polar surface area (TPSA) is 61.2 Å². The Balaban J connectivity index is 1.67. The van der Waals surface area contributed by atoms with E-state index in [0.29, 0.717) is 6.54 Å². The molecule has 2 aromatic rings. The van der Waals surface area contributed by atoms with Crippen LogP contribution in [0, 0.1) is 0 Å². The SMILES string of the molecule is COc1ccc(CNC(=O)[C@H](C)[NH+]2CCC[C@@H]2c2ccc(OC)cc2OC)cc1. The largest absolute Gasteiger partial charge is 0.497 e. The van der Waals surface area contributed by atoms with E-state index in [1.165, 1.54) is 4.90 Å². The molecule has 2 aromatic carbocycles. The molecule has 29 heavy (non-hydrogen) atoms. The fraction of sp³-hybridized carbons (Fsp3) is 0.435. The van der Waals surface area contributed by atoms with Crippen molar-refractivity contribution in [2.75, 3.05) is 27.9 Å². The molecule has 0 bridgehead atoms. The quantitative estimate of drug-likeness (QED) is 0.714. The Labute approximate surface area is 172 Å². The number of carbonyl (C=O) groups is 1. The van der Waals surface area contributed by atoms with Crippen molar-refractivity contribution in [3.05, 3.63) is 53.6 Å². The molecule has 6 heteroatoms. The van der Waals surface area contributed by atoms with E-state index in [1.807, 2.05) is 43.3 Å². The Hall–Kier alpha value is -2.73. The summed E-state index contributed by atoms with van der Waals surface area (Å²) in [5, 5.41) is 3.08. The van der Waals surface area contributed by atoms with Gasteiger partial charge in [-0.2, -0.15) is 0 Å². The van der Waals surface area contributed by atoms with Gasteiger partial charge >= 0.3 is 0 Å². The number of likely N-dealkylation sites (tertiary alicyclic amines) is 1. The van der Waals surface area contributed by atoms with Crippen LogP contribution in [-0.2, 0) is 11.3 Å². The number of ether oxygens (including phenoxy) is 3. The summed E-state index contributed by atoms with van der Waals surface area (Å²) in [6.07, 6.45) is 2.12. The standard InChI is InChI=1S/C23H30N2O4/c1-16(23(26)24-15-17-7-9-18(27-2)10-8-17)25-13-5-6-21(25)20-12-11-19(28-3)14-22(20)29-4/h7-12,14,16,21H,5-6,13,15H2,1-4H3,(H,24,26)/p+1/t16-,21+/m0/s1. The second kappa shape index (κ2) is 9.65. The summed E-state index contributed by atoms with van der Waals surface area (Å²) in [4.78, 5) is 14.1. The number of methoxy groups -OCH3 is 3. The average Bonchev–Trinajstić information content (AvgIpc) is 3.26. The van der Waals surface area contributed by atoms with Crippen molar-refractivity contribution in [1.29, 1.82) is 0 Å². The maximum atomic E-state index is 12.9. The highest BCUT2D eigenvalue weighted by Crippen LogP contribution is 2.31. The van der Waals surface area contributed by atoms with Gasteiger partial charge in [-0.25, -0.2) is 0 Å². The zero-order valence-corrected chi connectivity index (χ0v) is 17.7. The van der Waals surface area contributed by atoms with E-state index in [4.69, 9.17) is 14.2 Å². The molecule has 0 aliphatic carbocycles. The molecule has 0 saturated carbocycles. The summed E-state index contributed by atoms with van der Waals surface area (Å²) in [6.45, 7) is 3.49. The van der Waals surface area contributed by atoms with Crippen LogP contribution in [0.4, 0.5) is 0 Å². The second-order valence-corrected chi connectivity index (χ2v) is 7.42. The van der Waals surface area contributed by atoms with Gasteiger partial charge in [0.2, 0.25) is 0 Å². The zero-order chi connectivity index (χ0) is 20.8. The number of benzene rings is 2. The minimum absolute atomic E-state index is 0.0650. The van der Waals surface area contributed by atoms with E-state index in [2.05, 4.69) is 11.4 Å². The number of quaternary nitrogens is 1. The molecule has 1 heterocycles. The van der Waals surface area contributed by atoms with Gasteiger partial charge in [0.05, 0.1) is 33.4 Å². The Morgan fingerprint density at radius 1 is 1.07 bits per heavy atom. The van der Waals surface area contributed by atoms with Crippen LogP contribution in [-0.4, -0.2) is 39.8 Å². The third-order valence-electron chi connectivity index (χ3n) is 5.80. The van der Waals surface area contributed by atoms with Crippen LogP contribution >= 0.6 is 0 Å². The normalized spacial score (nSPS) is 19.4. The van der Waals surface area contributed by atoms with Gasteiger partial charge in [0.15, 0.2) is 6.04 Å². The Kier molecular flexibility index (Phi) is 6.99. The van der Waals surface area contributed by atoms with Crippen LogP contribution in [0.15, 0.2) is 42.5 Å². The summed E-state index contributed by atoms with van der Waals surface area (Å²) < 4.78 is 16.1. The van der Waals surface area contributed by atoms with E-state index >= 15 is 0 Å². The first-order valence-electron chi connectivity index (χ1n) is 10.1. The predicted octanol–water partition coefficient (Wildman–Crippen LogP) is 2.14. The van der Waals surface area contributed by atoms with Gasteiger partial charge in [-0.3, -0.25) is 4.79 Å². The number of rotatable bonds is 8. The van der Waals surface area contributed by atoms with E-state index in [9.17, 15) is 4.79 Å². The molecule has 1 amide bonds. The van der Waals surface area contributed by atoms with Crippen LogP contribution < -0.4 is 24.4 Å².